The maximum Gasteiger partial charge on any atom is 0.273 e. The van der Waals surface area contributed by atoms with Crippen molar-refractivity contribution in [3.8, 4) is 0 Å². The summed E-state index contributed by atoms with van der Waals surface area (Å²) in [5.74, 6) is 0.498. The first kappa shape index (κ1) is 18.6. The predicted octanol–water partition coefficient (Wildman–Crippen LogP) is 2.31. The van der Waals surface area contributed by atoms with E-state index in [4.69, 9.17) is 4.52 Å². The van der Waals surface area contributed by atoms with Gasteiger partial charge in [-0.25, -0.2) is 0 Å². The highest BCUT2D eigenvalue weighted by Crippen LogP contribution is 2.09. The highest BCUT2D eigenvalue weighted by atomic mass is 16.5. The van der Waals surface area contributed by atoms with Crippen LogP contribution in [0.2, 0.25) is 0 Å². The number of hydrogen-bond acceptors (Lipinski definition) is 5. The molecule has 0 bridgehead atoms. The van der Waals surface area contributed by atoms with Crippen molar-refractivity contribution in [3.63, 3.8) is 0 Å². The standard InChI is InChI=1S/C20H28N4O2/c1-17-15-19(22-26-17)20(25)21-9-5-6-10-23-11-13-24(14-12-23)16-18-7-3-2-4-8-18/h2-4,7-8,15H,5-6,9-14,16H2,1H3,(H,21,25). The number of aromatic nitrogens is 1. The summed E-state index contributed by atoms with van der Waals surface area (Å²) in [4.78, 5) is 16.9. The number of aryl methyl sites for hydroxylation is 1. The molecule has 1 fully saturated rings. The Morgan fingerprint density at radius 3 is 2.54 bits per heavy atom. The van der Waals surface area contributed by atoms with E-state index >= 15 is 0 Å². The number of amides is 1. The molecule has 0 saturated carbocycles. The van der Waals surface area contributed by atoms with E-state index in [1.54, 1.807) is 13.0 Å². The first-order valence-electron chi connectivity index (χ1n) is 9.41. The Morgan fingerprint density at radius 1 is 1.12 bits per heavy atom. The van der Waals surface area contributed by atoms with Gasteiger partial charge in [0, 0.05) is 45.3 Å². The molecule has 140 valence electrons. The number of benzene rings is 1. The molecule has 1 amide bonds. The number of piperazine rings is 1. The Hall–Kier alpha value is -2.18. The first-order chi connectivity index (χ1) is 12.7. The van der Waals surface area contributed by atoms with E-state index in [1.165, 1.54) is 5.56 Å². The van der Waals surface area contributed by atoms with Crippen molar-refractivity contribution in [1.82, 2.24) is 20.3 Å². The summed E-state index contributed by atoms with van der Waals surface area (Å²) in [6.07, 6.45) is 2.07. The van der Waals surface area contributed by atoms with E-state index < -0.39 is 0 Å². The predicted molar refractivity (Wildman–Crippen MR) is 101 cm³/mol. The van der Waals surface area contributed by atoms with Crippen molar-refractivity contribution < 1.29 is 9.32 Å². The summed E-state index contributed by atoms with van der Waals surface area (Å²) in [7, 11) is 0. The Labute approximate surface area is 155 Å². The maximum atomic E-state index is 11.9. The molecular weight excluding hydrogens is 328 g/mol. The van der Waals surface area contributed by atoms with E-state index in [9.17, 15) is 4.79 Å². The minimum atomic E-state index is -0.156. The highest BCUT2D eigenvalue weighted by Gasteiger charge is 2.16. The molecule has 0 unspecified atom stereocenters. The monoisotopic (exact) mass is 356 g/mol. The van der Waals surface area contributed by atoms with E-state index in [-0.39, 0.29) is 5.91 Å². The van der Waals surface area contributed by atoms with E-state index in [0.717, 1.165) is 52.1 Å². The van der Waals surface area contributed by atoms with Gasteiger partial charge in [0.25, 0.3) is 5.91 Å². The Kier molecular flexibility index (Phi) is 6.80. The second-order valence-electron chi connectivity index (χ2n) is 6.89. The van der Waals surface area contributed by atoms with Crippen molar-refractivity contribution in [1.29, 1.82) is 0 Å². The van der Waals surface area contributed by atoms with E-state index in [2.05, 4.69) is 50.6 Å². The number of nitrogens with zero attached hydrogens (tertiary/aromatic N) is 3. The first-order valence-corrected chi connectivity index (χ1v) is 9.41. The van der Waals surface area contributed by atoms with Crippen LogP contribution >= 0.6 is 0 Å². The van der Waals surface area contributed by atoms with Gasteiger partial charge in [-0.1, -0.05) is 35.5 Å². The van der Waals surface area contributed by atoms with Gasteiger partial charge in [-0.3, -0.25) is 9.69 Å². The summed E-state index contributed by atoms with van der Waals surface area (Å²) in [5.41, 5.74) is 1.75. The van der Waals surface area contributed by atoms with Crippen molar-refractivity contribution in [2.75, 3.05) is 39.3 Å². The molecule has 2 heterocycles. The SMILES string of the molecule is Cc1cc(C(=O)NCCCCN2CCN(Cc3ccccc3)CC2)no1. The molecule has 1 aromatic heterocycles. The fourth-order valence-electron chi connectivity index (χ4n) is 3.24. The lowest BCUT2D eigenvalue weighted by Crippen LogP contribution is -2.46. The molecule has 26 heavy (non-hydrogen) atoms. The van der Waals surface area contributed by atoms with Crippen molar-refractivity contribution in [3.05, 3.63) is 53.4 Å². The molecule has 1 N–H and O–H groups in total. The molecule has 1 saturated heterocycles. The lowest BCUT2D eigenvalue weighted by atomic mass is 10.2. The smallest absolute Gasteiger partial charge is 0.273 e. The largest absolute Gasteiger partial charge is 0.361 e. The Bertz CT molecular complexity index is 678. The van der Waals surface area contributed by atoms with Crippen LogP contribution < -0.4 is 5.32 Å². The van der Waals surface area contributed by atoms with Crippen LogP contribution in [-0.2, 0) is 6.54 Å². The number of hydrogen-bond donors (Lipinski definition) is 1. The summed E-state index contributed by atoms with van der Waals surface area (Å²) >= 11 is 0. The summed E-state index contributed by atoms with van der Waals surface area (Å²) in [6.45, 7) is 9.09. The normalized spacial score (nSPS) is 15.9. The van der Waals surface area contributed by atoms with E-state index in [0.29, 0.717) is 18.0 Å². The van der Waals surface area contributed by atoms with Crippen LogP contribution in [-0.4, -0.2) is 60.1 Å². The van der Waals surface area contributed by atoms with Gasteiger partial charge >= 0.3 is 0 Å². The van der Waals surface area contributed by atoms with Crippen molar-refractivity contribution in [2.24, 2.45) is 0 Å². The third-order valence-corrected chi connectivity index (χ3v) is 4.76. The molecule has 0 aliphatic carbocycles. The molecule has 1 aromatic carbocycles. The van der Waals surface area contributed by atoms with Gasteiger partial charge in [0.15, 0.2) is 5.69 Å². The fourth-order valence-corrected chi connectivity index (χ4v) is 3.24. The minimum Gasteiger partial charge on any atom is -0.361 e. The van der Waals surface area contributed by atoms with Crippen LogP contribution in [0.1, 0.15) is 34.7 Å². The molecule has 3 rings (SSSR count). The topological polar surface area (TPSA) is 61.6 Å². The van der Waals surface area contributed by atoms with Crippen LogP contribution in [0.15, 0.2) is 40.9 Å². The van der Waals surface area contributed by atoms with Crippen LogP contribution in [0.5, 0.6) is 0 Å². The summed E-state index contributed by atoms with van der Waals surface area (Å²) < 4.78 is 4.92. The molecule has 0 radical (unpaired) electrons. The van der Waals surface area contributed by atoms with E-state index in [1.807, 2.05) is 0 Å². The second-order valence-corrected chi connectivity index (χ2v) is 6.89. The quantitative estimate of drug-likeness (QED) is 0.736. The van der Waals surface area contributed by atoms with Gasteiger partial charge in [-0.2, -0.15) is 0 Å². The van der Waals surface area contributed by atoms with Gasteiger partial charge in [-0.05, 0) is 31.9 Å². The number of carbonyl (C=O) groups excluding carboxylic acids is 1. The average Bonchev–Trinajstić information content (AvgIpc) is 3.10. The third-order valence-electron chi connectivity index (χ3n) is 4.76. The van der Waals surface area contributed by atoms with Crippen LogP contribution in [0.4, 0.5) is 0 Å². The molecular formula is C20H28N4O2. The molecule has 6 nitrogen and oxygen atoms in total. The molecule has 0 atom stereocenters. The molecule has 1 aliphatic heterocycles. The minimum absolute atomic E-state index is 0.156. The van der Waals surface area contributed by atoms with Crippen LogP contribution in [0.3, 0.4) is 0 Å². The average molecular weight is 356 g/mol. The van der Waals surface area contributed by atoms with Gasteiger partial charge < -0.3 is 14.7 Å². The molecule has 6 heteroatoms. The zero-order valence-corrected chi connectivity index (χ0v) is 15.5. The molecule has 1 aliphatic rings. The Morgan fingerprint density at radius 2 is 1.85 bits per heavy atom. The number of nitrogens with one attached hydrogen (secondary N) is 1. The molecule has 2 aromatic rings. The summed E-state index contributed by atoms with van der Waals surface area (Å²) in [5, 5.41) is 6.62. The lowest BCUT2D eigenvalue weighted by Gasteiger charge is -2.34. The van der Waals surface area contributed by atoms with Crippen molar-refractivity contribution in [2.45, 2.75) is 26.3 Å². The maximum absolute atomic E-state index is 11.9. The number of unbranched alkanes of at least 4 members (excludes halogenated alkanes) is 1. The van der Waals surface area contributed by atoms with Crippen LogP contribution in [0, 0.1) is 6.92 Å². The number of carbonyl (C=O) groups is 1. The zero-order chi connectivity index (χ0) is 18.2. The van der Waals surface area contributed by atoms with Gasteiger partial charge in [0.05, 0.1) is 0 Å². The molecule has 0 spiro atoms. The highest BCUT2D eigenvalue weighted by molar-refractivity contribution is 5.92. The lowest BCUT2D eigenvalue weighted by molar-refractivity contribution is 0.0942. The fraction of sp³-hybridized carbons (Fsp3) is 0.500. The van der Waals surface area contributed by atoms with Gasteiger partial charge in [-0.15, -0.1) is 0 Å². The Balaban J connectivity index is 1.25. The van der Waals surface area contributed by atoms with Gasteiger partial charge in [0.2, 0.25) is 0 Å². The van der Waals surface area contributed by atoms with Crippen molar-refractivity contribution >= 4 is 5.91 Å². The number of rotatable bonds is 8. The van der Waals surface area contributed by atoms with Gasteiger partial charge in [0.1, 0.15) is 5.76 Å². The summed E-state index contributed by atoms with van der Waals surface area (Å²) in [6, 6.07) is 12.3. The zero-order valence-electron chi connectivity index (χ0n) is 15.5. The second kappa shape index (κ2) is 9.50. The third kappa shape index (κ3) is 5.68. The van der Waals surface area contributed by atoms with Crippen LogP contribution in [0.25, 0.3) is 0 Å².